The molecular formula is C14H21NO2. The fourth-order valence-electron chi connectivity index (χ4n) is 2.68. The summed E-state index contributed by atoms with van der Waals surface area (Å²) in [6.45, 7) is 2.26. The van der Waals surface area contributed by atoms with Gasteiger partial charge in [-0.2, -0.15) is 0 Å². The van der Waals surface area contributed by atoms with Crippen molar-refractivity contribution in [1.29, 1.82) is 0 Å². The first kappa shape index (κ1) is 12.5. The highest BCUT2D eigenvalue weighted by atomic mass is 16.5. The molecule has 1 aliphatic rings. The first-order valence-electron chi connectivity index (χ1n) is 6.31. The lowest BCUT2D eigenvalue weighted by molar-refractivity contribution is -0.130. The molecule has 3 nitrogen and oxygen atoms in total. The normalized spacial score (nSPS) is 31.1. The molecule has 1 aromatic heterocycles. The lowest BCUT2D eigenvalue weighted by atomic mass is 9.75. The van der Waals surface area contributed by atoms with Gasteiger partial charge in [-0.1, -0.05) is 13.0 Å². The van der Waals surface area contributed by atoms with Crippen molar-refractivity contribution in [2.45, 2.75) is 44.3 Å². The molecule has 0 aromatic carbocycles. The van der Waals surface area contributed by atoms with Gasteiger partial charge in [0.05, 0.1) is 5.60 Å². The molecule has 1 aromatic rings. The van der Waals surface area contributed by atoms with Crippen molar-refractivity contribution in [3.8, 4) is 0 Å². The van der Waals surface area contributed by atoms with Crippen molar-refractivity contribution in [3.05, 3.63) is 30.1 Å². The maximum absolute atomic E-state index is 10.5. The van der Waals surface area contributed by atoms with Crippen LogP contribution in [0.1, 0.15) is 44.3 Å². The molecule has 1 heterocycles. The Hall–Kier alpha value is -0.930. The summed E-state index contributed by atoms with van der Waals surface area (Å²) in [5, 5.41) is 10.5. The van der Waals surface area contributed by atoms with E-state index in [0.29, 0.717) is 0 Å². The molecule has 1 saturated carbocycles. The molecule has 1 aliphatic carbocycles. The fraction of sp³-hybridized carbons (Fsp3) is 0.643. The van der Waals surface area contributed by atoms with Gasteiger partial charge >= 0.3 is 0 Å². The number of rotatable bonds is 3. The number of methoxy groups -OCH3 is 1. The van der Waals surface area contributed by atoms with Crippen LogP contribution in [0.4, 0.5) is 0 Å². The van der Waals surface area contributed by atoms with Gasteiger partial charge in [0.1, 0.15) is 6.10 Å². The number of aliphatic hydroxyl groups excluding tert-OH is 1. The maximum atomic E-state index is 10.5. The van der Waals surface area contributed by atoms with Crippen LogP contribution in [0.5, 0.6) is 0 Å². The Morgan fingerprint density at radius 1 is 1.47 bits per heavy atom. The first-order chi connectivity index (χ1) is 8.18. The molecule has 0 aliphatic heterocycles. The summed E-state index contributed by atoms with van der Waals surface area (Å²) in [5.74, 6) is 0.736. The largest absolute Gasteiger partial charge is 0.385 e. The van der Waals surface area contributed by atoms with Crippen molar-refractivity contribution in [2.75, 3.05) is 7.11 Å². The monoisotopic (exact) mass is 235 g/mol. The molecule has 0 bridgehead atoms. The van der Waals surface area contributed by atoms with Crippen LogP contribution < -0.4 is 0 Å². The van der Waals surface area contributed by atoms with Crippen molar-refractivity contribution in [3.63, 3.8) is 0 Å². The number of pyridine rings is 1. The standard InChI is InChI=1S/C14H21NO2/c1-11-5-7-14(17-2,8-6-11)13(16)12-4-3-9-15-10-12/h3-4,9-11,13,16H,5-8H2,1-2H3. The molecule has 0 amide bonds. The highest BCUT2D eigenvalue weighted by Gasteiger charge is 2.41. The first-order valence-corrected chi connectivity index (χ1v) is 6.31. The molecule has 3 heteroatoms. The third kappa shape index (κ3) is 2.50. The number of ether oxygens (including phenoxy) is 1. The molecule has 1 unspecified atom stereocenters. The molecule has 1 N–H and O–H groups in total. The molecular weight excluding hydrogens is 214 g/mol. The lowest BCUT2D eigenvalue weighted by Crippen LogP contribution is -2.41. The molecule has 0 saturated heterocycles. The van der Waals surface area contributed by atoms with Gasteiger partial charge in [0.15, 0.2) is 0 Å². The summed E-state index contributed by atoms with van der Waals surface area (Å²) in [6, 6.07) is 3.77. The van der Waals surface area contributed by atoms with Gasteiger partial charge in [-0.3, -0.25) is 4.98 Å². The average Bonchev–Trinajstić information content (AvgIpc) is 2.40. The zero-order valence-electron chi connectivity index (χ0n) is 10.6. The highest BCUT2D eigenvalue weighted by molar-refractivity contribution is 5.16. The van der Waals surface area contributed by atoms with E-state index in [1.807, 2.05) is 12.1 Å². The summed E-state index contributed by atoms with van der Waals surface area (Å²) in [4.78, 5) is 4.07. The van der Waals surface area contributed by atoms with E-state index in [9.17, 15) is 5.11 Å². The molecule has 1 fully saturated rings. The van der Waals surface area contributed by atoms with Crippen LogP contribution in [0.25, 0.3) is 0 Å². The minimum atomic E-state index is -0.575. The van der Waals surface area contributed by atoms with Crippen molar-refractivity contribution < 1.29 is 9.84 Å². The number of aromatic nitrogens is 1. The van der Waals surface area contributed by atoms with Gasteiger partial charge in [0.2, 0.25) is 0 Å². The Bertz CT molecular complexity index is 344. The number of nitrogens with zero attached hydrogens (tertiary/aromatic N) is 1. The van der Waals surface area contributed by atoms with Crippen molar-refractivity contribution in [2.24, 2.45) is 5.92 Å². The van der Waals surface area contributed by atoms with Crippen molar-refractivity contribution >= 4 is 0 Å². The number of aliphatic hydroxyl groups is 1. The van der Waals surface area contributed by atoms with Crippen LogP contribution in [0.2, 0.25) is 0 Å². The van der Waals surface area contributed by atoms with Crippen LogP contribution in [0, 0.1) is 5.92 Å². The molecule has 0 spiro atoms. The lowest BCUT2D eigenvalue weighted by Gasteiger charge is -2.41. The van der Waals surface area contributed by atoms with Crippen LogP contribution >= 0.6 is 0 Å². The molecule has 94 valence electrons. The van der Waals surface area contributed by atoms with E-state index in [1.54, 1.807) is 19.5 Å². The predicted molar refractivity (Wildman–Crippen MR) is 66.6 cm³/mol. The second-order valence-corrected chi connectivity index (χ2v) is 5.14. The fourth-order valence-corrected chi connectivity index (χ4v) is 2.68. The second-order valence-electron chi connectivity index (χ2n) is 5.14. The van der Waals surface area contributed by atoms with Crippen LogP contribution in [-0.2, 0) is 4.74 Å². The van der Waals surface area contributed by atoms with E-state index in [2.05, 4.69) is 11.9 Å². The van der Waals surface area contributed by atoms with E-state index < -0.39 is 11.7 Å². The SMILES string of the molecule is COC1(C(O)c2cccnc2)CCC(C)CC1. The van der Waals surface area contributed by atoms with Gasteiger partial charge in [-0.25, -0.2) is 0 Å². The Balaban J connectivity index is 2.18. The van der Waals surface area contributed by atoms with E-state index in [0.717, 1.165) is 37.2 Å². The maximum Gasteiger partial charge on any atom is 0.109 e. The van der Waals surface area contributed by atoms with E-state index in [-0.39, 0.29) is 0 Å². The Morgan fingerprint density at radius 3 is 2.71 bits per heavy atom. The summed E-state index contributed by atoms with van der Waals surface area (Å²) in [5.41, 5.74) is 0.430. The summed E-state index contributed by atoms with van der Waals surface area (Å²) in [6.07, 6.45) is 6.94. The van der Waals surface area contributed by atoms with Gasteiger partial charge in [0, 0.05) is 25.1 Å². The van der Waals surface area contributed by atoms with Crippen molar-refractivity contribution in [1.82, 2.24) is 4.98 Å². The minimum absolute atomic E-state index is 0.421. The molecule has 17 heavy (non-hydrogen) atoms. The number of hydrogen-bond donors (Lipinski definition) is 1. The Morgan fingerprint density at radius 2 is 2.18 bits per heavy atom. The predicted octanol–water partition coefficient (Wildman–Crippen LogP) is 2.71. The third-order valence-corrected chi connectivity index (χ3v) is 4.03. The van der Waals surface area contributed by atoms with Gasteiger partial charge < -0.3 is 9.84 Å². The topological polar surface area (TPSA) is 42.4 Å². The van der Waals surface area contributed by atoms with E-state index in [1.165, 1.54) is 0 Å². The smallest absolute Gasteiger partial charge is 0.109 e. The van der Waals surface area contributed by atoms with Crippen LogP contribution in [0.15, 0.2) is 24.5 Å². The molecule has 2 rings (SSSR count). The molecule has 1 atom stereocenters. The van der Waals surface area contributed by atoms with E-state index in [4.69, 9.17) is 4.74 Å². The highest BCUT2D eigenvalue weighted by Crippen LogP contribution is 2.42. The summed E-state index contributed by atoms with van der Waals surface area (Å²) in [7, 11) is 1.70. The van der Waals surface area contributed by atoms with Gasteiger partial charge in [-0.15, -0.1) is 0 Å². The zero-order chi connectivity index (χ0) is 12.3. The molecule has 0 radical (unpaired) electrons. The number of hydrogen-bond acceptors (Lipinski definition) is 3. The zero-order valence-corrected chi connectivity index (χ0v) is 10.6. The second kappa shape index (κ2) is 5.15. The average molecular weight is 235 g/mol. The van der Waals surface area contributed by atoms with Gasteiger partial charge in [0.25, 0.3) is 0 Å². The minimum Gasteiger partial charge on any atom is -0.385 e. The quantitative estimate of drug-likeness (QED) is 0.876. The van der Waals surface area contributed by atoms with Crippen LogP contribution in [0.3, 0.4) is 0 Å². The van der Waals surface area contributed by atoms with Gasteiger partial charge in [-0.05, 0) is 37.7 Å². The third-order valence-electron chi connectivity index (χ3n) is 4.03. The summed E-state index contributed by atoms with van der Waals surface area (Å²) < 4.78 is 5.67. The summed E-state index contributed by atoms with van der Waals surface area (Å²) >= 11 is 0. The Kier molecular flexibility index (Phi) is 3.79. The Labute approximate surface area is 103 Å². The van der Waals surface area contributed by atoms with E-state index >= 15 is 0 Å². The van der Waals surface area contributed by atoms with Crippen LogP contribution in [-0.4, -0.2) is 22.8 Å².